The van der Waals surface area contributed by atoms with Crippen molar-refractivity contribution in [3.8, 4) is 5.75 Å². The average Bonchev–Trinajstić information content (AvgIpc) is 2.79. The van der Waals surface area contributed by atoms with E-state index in [1.165, 1.54) is 25.4 Å². The van der Waals surface area contributed by atoms with Gasteiger partial charge in [0.05, 0.1) is 13.3 Å². The van der Waals surface area contributed by atoms with Crippen LogP contribution in [-0.4, -0.2) is 22.7 Å². The number of hydrogen-bond acceptors (Lipinski definition) is 3. The lowest BCUT2D eigenvalue weighted by Gasteiger charge is -2.07. The highest BCUT2D eigenvalue weighted by Crippen LogP contribution is 2.22. The van der Waals surface area contributed by atoms with Gasteiger partial charge in [-0.3, -0.25) is 9.48 Å². The molecule has 0 N–H and O–H groups in total. The summed E-state index contributed by atoms with van der Waals surface area (Å²) in [5, 5.41) is 4.07. The van der Waals surface area contributed by atoms with Crippen LogP contribution in [0.2, 0.25) is 0 Å². The molecule has 0 radical (unpaired) electrons. The minimum atomic E-state index is -0.426. The molecule has 0 aliphatic rings. The molecule has 0 fully saturated rings. The van der Waals surface area contributed by atoms with Crippen molar-refractivity contribution in [2.45, 2.75) is 20.4 Å². The fraction of sp³-hybridized carbons (Fsp3) is 0.286. The maximum absolute atomic E-state index is 13.4. The van der Waals surface area contributed by atoms with E-state index in [4.69, 9.17) is 4.74 Å². The summed E-state index contributed by atoms with van der Waals surface area (Å²) >= 11 is 0. The van der Waals surface area contributed by atoms with Crippen LogP contribution in [0.25, 0.3) is 0 Å². The molecular formula is C14H15FN2O2. The zero-order valence-electron chi connectivity index (χ0n) is 11.1. The number of nitrogens with zero attached hydrogens (tertiary/aromatic N) is 2. The highest BCUT2D eigenvalue weighted by molar-refractivity contribution is 6.09. The van der Waals surface area contributed by atoms with Crippen molar-refractivity contribution in [2.24, 2.45) is 0 Å². The van der Waals surface area contributed by atoms with Crippen LogP contribution in [-0.2, 0) is 6.54 Å². The fourth-order valence-electron chi connectivity index (χ4n) is 1.99. The number of halogens is 1. The largest absolute Gasteiger partial charge is 0.493 e. The van der Waals surface area contributed by atoms with Crippen molar-refractivity contribution in [1.82, 2.24) is 9.78 Å². The Morgan fingerprint density at radius 2 is 2.16 bits per heavy atom. The third kappa shape index (κ3) is 2.50. The van der Waals surface area contributed by atoms with Crippen LogP contribution in [0.5, 0.6) is 5.75 Å². The number of methoxy groups -OCH3 is 1. The summed E-state index contributed by atoms with van der Waals surface area (Å²) < 4.78 is 20.1. The minimum absolute atomic E-state index is 0.293. The molecule has 0 atom stereocenters. The van der Waals surface area contributed by atoms with Crippen LogP contribution < -0.4 is 4.74 Å². The normalized spacial score (nSPS) is 10.5. The number of aromatic nitrogens is 2. The Bertz CT molecular complexity index is 578. The van der Waals surface area contributed by atoms with E-state index in [-0.39, 0.29) is 5.78 Å². The van der Waals surface area contributed by atoms with E-state index in [2.05, 4.69) is 5.10 Å². The zero-order chi connectivity index (χ0) is 14.0. The first kappa shape index (κ1) is 13.3. The van der Waals surface area contributed by atoms with Gasteiger partial charge in [0, 0.05) is 12.1 Å². The molecule has 2 aromatic rings. The fourth-order valence-corrected chi connectivity index (χ4v) is 1.99. The molecular weight excluding hydrogens is 247 g/mol. The molecule has 1 heterocycles. The maximum atomic E-state index is 13.4. The van der Waals surface area contributed by atoms with Crippen LogP contribution in [0, 0.1) is 12.7 Å². The van der Waals surface area contributed by atoms with Gasteiger partial charge in [-0.1, -0.05) is 0 Å². The summed E-state index contributed by atoms with van der Waals surface area (Å²) in [5.41, 5.74) is 1.34. The van der Waals surface area contributed by atoms with Crippen LogP contribution in [0.1, 0.15) is 28.5 Å². The highest BCUT2D eigenvalue weighted by atomic mass is 19.1. The third-order valence-corrected chi connectivity index (χ3v) is 2.84. The minimum Gasteiger partial charge on any atom is -0.493 e. The van der Waals surface area contributed by atoms with E-state index in [1.54, 1.807) is 17.7 Å². The molecule has 0 saturated carbocycles. The van der Waals surface area contributed by atoms with Crippen molar-refractivity contribution in [1.29, 1.82) is 0 Å². The number of carbonyl (C=O) groups excluding carboxylic acids is 1. The number of ether oxygens (including phenoxy) is 1. The number of aryl methyl sites for hydroxylation is 2. The molecule has 0 aliphatic heterocycles. The van der Waals surface area contributed by atoms with Crippen molar-refractivity contribution in [3.63, 3.8) is 0 Å². The first-order valence-electron chi connectivity index (χ1n) is 5.98. The van der Waals surface area contributed by atoms with Crippen LogP contribution in [0.15, 0.2) is 24.4 Å². The van der Waals surface area contributed by atoms with Gasteiger partial charge in [0.2, 0.25) is 5.78 Å². The molecule has 4 nitrogen and oxygen atoms in total. The summed E-state index contributed by atoms with van der Waals surface area (Å²) in [5.74, 6) is -0.322. The molecule has 1 aromatic heterocycles. The lowest BCUT2D eigenvalue weighted by molar-refractivity contribution is 0.102. The predicted octanol–water partition coefficient (Wildman–Crippen LogP) is 2.59. The number of hydrogen-bond donors (Lipinski definition) is 0. The first-order valence-corrected chi connectivity index (χ1v) is 5.98. The van der Waals surface area contributed by atoms with E-state index in [1.807, 2.05) is 6.92 Å². The van der Waals surface area contributed by atoms with Gasteiger partial charge in [-0.05, 0) is 37.6 Å². The maximum Gasteiger partial charge on any atom is 0.214 e. The summed E-state index contributed by atoms with van der Waals surface area (Å²) in [6.45, 7) is 4.16. The van der Waals surface area contributed by atoms with Gasteiger partial charge in [0.25, 0.3) is 0 Å². The molecule has 1 aromatic carbocycles. The SMILES string of the molecule is CCn1ncc(OC)c1C(=O)c1cc(C)cc(F)c1. The molecule has 100 valence electrons. The van der Waals surface area contributed by atoms with Crippen LogP contribution in [0.3, 0.4) is 0 Å². The topological polar surface area (TPSA) is 44.1 Å². The number of carbonyl (C=O) groups is 1. The van der Waals surface area contributed by atoms with E-state index in [9.17, 15) is 9.18 Å². The Hall–Kier alpha value is -2.17. The molecule has 0 amide bonds. The number of rotatable bonds is 4. The van der Waals surface area contributed by atoms with Crippen molar-refractivity contribution >= 4 is 5.78 Å². The van der Waals surface area contributed by atoms with Gasteiger partial charge in [0.1, 0.15) is 5.82 Å². The average molecular weight is 262 g/mol. The van der Waals surface area contributed by atoms with Gasteiger partial charge in [-0.15, -0.1) is 0 Å². The standard InChI is InChI=1S/C14H15FN2O2/c1-4-17-13(12(19-3)8-16-17)14(18)10-5-9(2)6-11(15)7-10/h5-8H,4H2,1-3H3. The molecule has 2 rings (SSSR count). The quantitative estimate of drug-likeness (QED) is 0.795. The summed E-state index contributed by atoms with van der Waals surface area (Å²) in [7, 11) is 1.48. The second-order valence-corrected chi connectivity index (χ2v) is 4.22. The molecule has 0 aliphatic carbocycles. The lowest BCUT2D eigenvalue weighted by Crippen LogP contribution is -2.12. The Morgan fingerprint density at radius 1 is 1.42 bits per heavy atom. The molecule has 19 heavy (non-hydrogen) atoms. The Kier molecular flexibility index (Phi) is 3.64. The van der Waals surface area contributed by atoms with Crippen molar-refractivity contribution < 1.29 is 13.9 Å². The third-order valence-electron chi connectivity index (χ3n) is 2.84. The lowest BCUT2D eigenvalue weighted by atomic mass is 10.0. The molecule has 0 spiro atoms. The Balaban J connectivity index is 2.52. The monoisotopic (exact) mass is 262 g/mol. The van der Waals surface area contributed by atoms with E-state index >= 15 is 0 Å². The molecule has 0 bridgehead atoms. The summed E-state index contributed by atoms with van der Waals surface area (Å²) in [4.78, 5) is 12.5. The zero-order valence-corrected chi connectivity index (χ0v) is 11.1. The van der Waals surface area contributed by atoms with Gasteiger partial charge in [-0.25, -0.2) is 4.39 Å². The number of benzene rings is 1. The van der Waals surface area contributed by atoms with Gasteiger partial charge < -0.3 is 4.74 Å². The predicted molar refractivity (Wildman–Crippen MR) is 69.0 cm³/mol. The number of ketones is 1. The second-order valence-electron chi connectivity index (χ2n) is 4.22. The smallest absolute Gasteiger partial charge is 0.214 e. The van der Waals surface area contributed by atoms with Gasteiger partial charge >= 0.3 is 0 Å². The van der Waals surface area contributed by atoms with Gasteiger partial charge in [-0.2, -0.15) is 5.10 Å². The van der Waals surface area contributed by atoms with E-state index < -0.39 is 5.82 Å². The second kappa shape index (κ2) is 5.22. The highest BCUT2D eigenvalue weighted by Gasteiger charge is 2.21. The van der Waals surface area contributed by atoms with E-state index in [0.717, 1.165) is 0 Å². The molecule has 0 unspecified atom stereocenters. The summed E-state index contributed by atoms with van der Waals surface area (Å²) in [6, 6.07) is 4.25. The Labute approximate surface area is 110 Å². The Morgan fingerprint density at radius 3 is 2.74 bits per heavy atom. The molecule has 0 saturated heterocycles. The molecule has 5 heteroatoms. The van der Waals surface area contributed by atoms with Crippen LogP contribution >= 0.6 is 0 Å². The van der Waals surface area contributed by atoms with Crippen LogP contribution in [0.4, 0.5) is 4.39 Å². The van der Waals surface area contributed by atoms with Gasteiger partial charge in [0.15, 0.2) is 11.4 Å². The van der Waals surface area contributed by atoms with E-state index in [0.29, 0.717) is 29.1 Å². The van der Waals surface area contributed by atoms with Crippen molar-refractivity contribution in [3.05, 3.63) is 47.0 Å². The first-order chi connectivity index (χ1) is 9.06. The summed E-state index contributed by atoms with van der Waals surface area (Å²) in [6.07, 6.45) is 1.49. The van der Waals surface area contributed by atoms with Crippen molar-refractivity contribution in [2.75, 3.05) is 7.11 Å².